The van der Waals surface area contributed by atoms with Gasteiger partial charge in [-0.1, -0.05) is 5.21 Å². The van der Waals surface area contributed by atoms with Gasteiger partial charge in [0, 0.05) is 31.3 Å². The average Bonchev–Trinajstić information content (AvgIpc) is 3.55. The molecule has 0 radical (unpaired) electrons. The number of ether oxygens (including phenoxy) is 2. The first-order valence-electron chi connectivity index (χ1n) is 10.6. The number of carbonyl (C=O) groups is 2. The van der Waals surface area contributed by atoms with Crippen LogP contribution in [0, 0.1) is 0 Å². The van der Waals surface area contributed by atoms with Crippen molar-refractivity contribution in [1.82, 2.24) is 24.8 Å². The summed E-state index contributed by atoms with van der Waals surface area (Å²) in [7, 11) is 3.04. The maximum absolute atomic E-state index is 14.2. The lowest BCUT2D eigenvalue weighted by Crippen LogP contribution is -2.41. The molecule has 0 spiro atoms. The number of carbonyl (C=O) groups excluding carboxylic acids is 2. The number of nitrogens with zero attached hydrogens (tertiary/aromatic N) is 5. The predicted octanol–water partition coefficient (Wildman–Crippen LogP) is 2.18. The zero-order chi connectivity index (χ0) is 22.7. The van der Waals surface area contributed by atoms with E-state index in [9.17, 15) is 14.0 Å². The van der Waals surface area contributed by atoms with Gasteiger partial charge in [-0.15, -0.1) is 5.10 Å². The van der Waals surface area contributed by atoms with Gasteiger partial charge >= 0.3 is 6.03 Å². The van der Waals surface area contributed by atoms with E-state index in [1.165, 1.54) is 23.8 Å². The minimum absolute atomic E-state index is 0.0158. The number of halogens is 1. The Kier molecular flexibility index (Phi) is 6.42. The molecule has 3 amide bonds. The van der Waals surface area contributed by atoms with Crippen molar-refractivity contribution >= 4 is 17.6 Å². The van der Waals surface area contributed by atoms with Crippen LogP contribution in [-0.4, -0.2) is 82.8 Å². The van der Waals surface area contributed by atoms with Crippen LogP contribution < -0.4 is 14.8 Å². The summed E-state index contributed by atoms with van der Waals surface area (Å²) >= 11 is 0. The maximum Gasteiger partial charge on any atom is 0.322 e. The third-order valence-corrected chi connectivity index (χ3v) is 5.81. The molecule has 1 aromatic carbocycles. The van der Waals surface area contributed by atoms with E-state index in [0.717, 1.165) is 25.9 Å². The Morgan fingerprint density at radius 2 is 1.94 bits per heavy atom. The molecule has 2 aromatic rings. The Balaban J connectivity index is 1.42. The Labute approximate surface area is 185 Å². The van der Waals surface area contributed by atoms with E-state index >= 15 is 0 Å². The van der Waals surface area contributed by atoms with Crippen molar-refractivity contribution < 1.29 is 23.5 Å². The molecular formula is C21H27FN6O4. The molecule has 0 aliphatic carbocycles. The molecule has 2 atom stereocenters. The predicted molar refractivity (Wildman–Crippen MR) is 114 cm³/mol. The number of methoxy groups -OCH3 is 2. The van der Waals surface area contributed by atoms with Gasteiger partial charge in [0.1, 0.15) is 6.17 Å². The van der Waals surface area contributed by atoms with E-state index in [4.69, 9.17) is 9.47 Å². The molecule has 2 aliphatic heterocycles. The second-order valence-corrected chi connectivity index (χ2v) is 7.96. The molecule has 1 aromatic heterocycles. The minimum atomic E-state index is -1.13. The fourth-order valence-electron chi connectivity index (χ4n) is 4.17. The number of nitrogens with one attached hydrogen (secondary N) is 1. The van der Waals surface area contributed by atoms with Crippen molar-refractivity contribution in [3.63, 3.8) is 0 Å². The quantitative estimate of drug-likeness (QED) is 0.730. The summed E-state index contributed by atoms with van der Waals surface area (Å²) in [5.74, 6) is 0.870. The Morgan fingerprint density at radius 3 is 2.66 bits per heavy atom. The van der Waals surface area contributed by atoms with Crippen molar-refractivity contribution in [2.24, 2.45) is 0 Å². The number of aromatic nitrogens is 3. The van der Waals surface area contributed by atoms with Gasteiger partial charge in [0.05, 0.1) is 39.5 Å². The summed E-state index contributed by atoms with van der Waals surface area (Å²) in [6.45, 7) is 1.68. The number of benzene rings is 1. The number of anilines is 1. The van der Waals surface area contributed by atoms with E-state index in [0.29, 0.717) is 17.2 Å². The van der Waals surface area contributed by atoms with Crippen molar-refractivity contribution in [1.29, 1.82) is 0 Å². The number of rotatable bonds is 6. The summed E-state index contributed by atoms with van der Waals surface area (Å²) in [5.41, 5.74) is 0.774. The van der Waals surface area contributed by atoms with Gasteiger partial charge in [-0.05, 0) is 25.0 Å². The molecule has 32 heavy (non-hydrogen) atoms. The fourth-order valence-corrected chi connectivity index (χ4v) is 4.17. The highest BCUT2D eigenvalue weighted by Crippen LogP contribution is 2.30. The van der Waals surface area contributed by atoms with E-state index in [2.05, 4.69) is 15.6 Å². The molecule has 0 saturated carbocycles. The molecule has 0 bridgehead atoms. The van der Waals surface area contributed by atoms with Gasteiger partial charge < -0.3 is 24.6 Å². The molecule has 2 aliphatic rings. The van der Waals surface area contributed by atoms with Crippen LogP contribution in [-0.2, 0) is 6.54 Å². The molecule has 10 nitrogen and oxygen atoms in total. The minimum Gasteiger partial charge on any atom is -0.493 e. The van der Waals surface area contributed by atoms with Crippen molar-refractivity contribution in [3.05, 3.63) is 30.1 Å². The third-order valence-electron chi connectivity index (χ3n) is 5.81. The molecular weight excluding hydrogens is 419 g/mol. The van der Waals surface area contributed by atoms with Gasteiger partial charge in [-0.2, -0.15) is 0 Å². The molecule has 1 N–H and O–H groups in total. The largest absolute Gasteiger partial charge is 0.493 e. The molecule has 2 saturated heterocycles. The molecule has 2 fully saturated rings. The van der Waals surface area contributed by atoms with Gasteiger partial charge in [0.2, 0.25) is 0 Å². The van der Waals surface area contributed by atoms with Gasteiger partial charge in [-0.25, -0.2) is 13.9 Å². The highest BCUT2D eigenvalue weighted by Gasteiger charge is 2.36. The van der Waals surface area contributed by atoms with E-state index in [-0.39, 0.29) is 31.1 Å². The second-order valence-electron chi connectivity index (χ2n) is 7.96. The number of hydrogen-bond acceptors (Lipinski definition) is 6. The Morgan fingerprint density at radius 1 is 1.19 bits per heavy atom. The van der Waals surface area contributed by atoms with Crippen LogP contribution in [0.25, 0.3) is 0 Å². The summed E-state index contributed by atoms with van der Waals surface area (Å²) < 4.78 is 26.2. The van der Waals surface area contributed by atoms with Crippen LogP contribution in [0.2, 0.25) is 0 Å². The second kappa shape index (κ2) is 9.41. The molecule has 3 heterocycles. The normalized spacial score (nSPS) is 20.5. The summed E-state index contributed by atoms with van der Waals surface area (Å²) in [6, 6.07) is 4.17. The monoisotopic (exact) mass is 446 g/mol. The highest BCUT2D eigenvalue weighted by molar-refractivity contribution is 5.92. The standard InChI is InChI=1S/C21H27FN6O4/c1-31-18-6-5-15(10-19(18)32-2)23-21(30)28-11-14(22)9-16(28)12-27-13-17(24-25-27)20(29)26-7-3-4-8-26/h5-6,10,13-14,16H,3-4,7-9,11-12H2,1-2H3,(H,23,30). The number of amides is 3. The number of urea groups is 1. The Bertz CT molecular complexity index is 977. The smallest absolute Gasteiger partial charge is 0.322 e. The van der Waals surface area contributed by atoms with Crippen molar-refractivity contribution in [2.75, 3.05) is 39.2 Å². The summed E-state index contributed by atoms with van der Waals surface area (Å²) in [4.78, 5) is 28.6. The van der Waals surface area contributed by atoms with Crippen LogP contribution in [0.3, 0.4) is 0 Å². The number of alkyl halides is 1. The number of likely N-dealkylation sites (tertiary alicyclic amines) is 2. The average molecular weight is 446 g/mol. The summed E-state index contributed by atoms with van der Waals surface area (Å²) in [6.07, 6.45) is 2.60. The zero-order valence-corrected chi connectivity index (χ0v) is 18.2. The van der Waals surface area contributed by atoms with E-state index in [1.54, 1.807) is 29.3 Å². The van der Waals surface area contributed by atoms with Crippen LogP contribution in [0.4, 0.5) is 14.9 Å². The van der Waals surface area contributed by atoms with Gasteiger partial charge in [0.25, 0.3) is 5.91 Å². The van der Waals surface area contributed by atoms with Gasteiger partial charge in [0.15, 0.2) is 17.2 Å². The van der Waals surface area contributed by atoms with Crippen molar-refractivity contribution in [3.8, 4) is 11.5 Å². The van der Waals surface area contributed by atoms with Crippen LogP contribution >= 0.6 is 0 Å². The first-order chi connectivity index (χ1) is 15.5. The van der Waals surface area contributed by atoms with E-state index in [1.807, 2.05) is 0 Å². The molecule has 11 heteroatoms. The first-order valence-corrected chi connectivity index (χ1v) is 10.6. The van der Waals surface area contributed by atoms with Gasteiger partial charge in [-0.3, -0.25) is 4.79 Å². The van der Waals surface area contributed by atoms with E-state index < -0.39 is 18.2 Å². The topological polar surface area (TPSA) is 102 Å². The SMILES string of the molecule is COc1ccc(NC(=O)N2CC(F)CC2Cn2cc(C(=O)N3CCCC3)nn2)cc1OC. The molecule has 2 unspecified atom stereocenters. The zero-order valence-electron chi connectivity index (χ0n) is 18.2. The van der Waals surface area contributed by atoms with Crippen LogP contribution in [0.5, 0.6) is 11.5 Å². The fraction of sp³-hybridized carbons (Fsp3) is 0.524. The van der Waals surface area contributed by atoms with Crippen LogP contribution in [0.15, 0.2) is 24.4 Å². The third kappa shape index (κ3) is 4.61. The number of hydrogen-bond donors (Lipinski definition) is 1. The first kappa shape index (κ1) is 21.8. The van der Waals surface area contributed by atoms with Crippen molar-refractivity contribution in [2.45, 2.75) is 38.0 Å². The molecule has 4 rings (SSSR count). The highest BCUT2D eigenvalue weighted by atomic mass is 19.1. The summed E-state index contributed by atoms with van der Waals surface area (Å²) in [5, 5.41) is 10.8. The lowest BCUT2D eigenvalue weighted by atomic mass is 10.2. The molecule has 172 valence electrons. The van der Waals surface area contributed by atoms with Crippen LogP contribution in [0.1, 0.15) is 29.8 Å². The lowest BCUT2D eigenvalue weighted by Gasteiger charge is -2.24. The Hall–Kier alpha value is -3.37. The maximum atomic E-state index is 14.2. The lowest BCUT2D eigenvalue weighted by molar-refractivity contribution is 0.0787.